The number of hydrogen-bond donors (Lipinski definition) is 4. The van der Waals surface area contributed by atoms with Gasteiger partial charge in [0.1, 0.15) is 0 Å². The Kier molecular flexibility index (Phi) is 23.4. The molecule has 0 aliphatic carbocycles. The van der Waals surface area contributed by atoms with E-state index in [1.54, 1.807) is 6.92 Å². The Morgan fingerprint density at radius 1 is 1.38 bits per heavy atom. The Morgan fingerprint density at radius 2 is 1.54 bits per heavy atom. The highest BCUT2D eigenvalue weighted by atomic mass is 16.4. The molecule has 0 heterocycles. The van der Waals surface area contributed by atoms with E-state index in [4.69, 9.17) is 30.0 Å². The van der Waals surface area contributed by atoms with Crippen LogP contribution in [0.5, 0.6) is 0 Å². The van der Waals surface area contributed by atoms with Gasteiger partial charge in [0, 0.05) is 26.1 Å². The average molecular weight is 196 g/mol. The molecule has 6 heteroatoms. The normalized spacial score (nSPS) is 7.46. The van der Waals surface area contributed by atoms with Gasteiger partial charge in [-0.05, 0) is 0 Å². The van der Waals surface area contributed by atoms with E-state index in [1.165, 1.54) is 0 Å². The molecule has 0 atom stereocenters. The maximum Gasteiger partial charge on any atom is 0.300 e. The van der Waals surface area contributed by atoms with Crippen LogP contribution < -0.4 is 0 Å². The molecule has 0 spiro atoms. The van der Waals surface area contributed by atoms with Crippen LogP contribution in [0.3, 0.4) is 0 Å². The van der Waals surface area contributed by atoms with E-state index in [-0.39, 0.29) is 25.6 Å². The molecule has 0 aliphatic rings. The summed E-state index contributed by atoms with van der Waals surface area (Å²) in [4.78, 5) is 17.4. The summed E-state index contributed by atoms with van der Waals surface area (Å²) in [6.45, 7) is 2.77. The van der Waals surface area contributed by atoms with Crippen LogP contribution in [-0.4, -0.2) is 46.1 Å². The van der Waals surface area contributed by atoms with E-state index in [2.05, 4.69) is 0 Å². The number of rotatable bonds is 2. The molecule has 0 fully saturated rings. The fourth-order valence-corrected chi connectivity index (χ4v) is 0.0577. The molecule has 6 nitrogen and oxygen atoms in total. The Morgan fingerprint density at radius 3 is 1.54 bits per heavy atom. The summed E-state index contributed by atoms with van der Waals surface area (Å²) in [7, 11) is 0. The Balaban J connectivity index is -0.000000125. The van der Waals surface area contributed by atoms with Crippen LogP contribution in [0, 0.1) is 5.92 Å². The first-order valence-corrected chi connectivity index (χ1v) is 3.45. The monoisotopic (exact) mass is 196 g/mol. The number of aliphatic hydroxyl groups excluding tert-OH is 2. The van der Waals surface area contributed by atoms with E-state index in [0.717, 1.165) is 6.92 Å². The molecule has 0 aromatic heterocycles. The summed E-state index contributed by atoms with van der Waals surface area (Å²) >= 11 is 0. The smallest absolute Gasteiger partial charge is 0.300 e. The fraction of sp³-hybridized carbons (Fsp3) is 0.714. The van der Waals surface area contributed by atoms with Gasteiger partial charge >= 0.3 is 0 Å². The highest BCUT2D eigenvalue weighted by Crippen LogP contribution is 1.85. The first-order chi connectivity index (χ1) is 5.95. The van der Waals surface area contributed by atoms with Crippen LogP contribution in [0.25, 0.3) is 0 Å². The van der Waals surface area contributed by atoms with Crippen LogP contribution in [-0.2, 0) is 9.59 Å². The predicted molar refractivity (Wildman–Crippen MR) is 45.3 cm³/mol. The molecule has 0 radical (unpaired) electrons. The molecule has 0 saturated carbocycles. The maximum absolute atomic E-state index is 9.00. The molecule has 13 heavy (non-hydrogen) atoms. The first kappa shape index (κ1) is 17.8. The lowest BCUT2D eigenvalue weighted by Gasteiger charge is -1.97. The average Bonchev–Trinajstić information content (AvgIpc) is 2.03. The largest absolute Gasteiger partial charge is 0.483 e. The minimum atomic E-state index is -0.833. The van der Waals surface area contributed by atoms with Gasteiger partial charge in [-0.1, -0.05) is 6.92 Å². The third kappa shape index (κ3) is 104. The van der Waals surface area contributed by atoms with E-state index >= 15 is 0 Å². The van der Waals surface area contributed by atoms with Crippen LogP contribution in [0.4, 0.5) is 0 Å². The Labute approximate surface area is 76.4 Å². The second-order valence-corrected chi connectivity index (χ2v) is 2.09. The molecule has 0 unspecified atom stereocenters. The number of carbonyl (C=O) groups is 2. The summed E-state index contributed by atoms with van der Waals surface area (Å²) < 4.78 is 0. The molecule has 0 bridgehead atoms. The maximum atomic E-state index is 9.00. The summed E-state index contributed by atoms with van der Waals surface area (Å²) in [5, 5.41) is 30.7. The number of aliphatic carboxylic acids is 1. The van der Waals surface area contributed by atoms with Gasteiger partial charge in [-0.15, -0.1) is 0 Å². The van der Waals surface area contributed by atoms with E-state index in [0.29, 0.717) is 0 Å². The van der Waals surface area contributed by atoms with Crippen LogP contribution in [0.2, 0.25) is 0 Å². The molecule has 0 amide bonds. The first-order valence-electron chi connectivity index (χ1n) is 3.45. The SMILES string of the molecule is CC(=O)O.CC(CO)CO.O=CO. The number of carboxylic acid groups (broad SMARTS) is 2. The summed E-state index contributed by atoms with van der Waals surface area (Å²) in [5.41, 5.74) is 0. The lowest BCUT2D eigenvalue weighted by molar-refractivity contribution is -0.134. The summed E-state index contributed by atoms with van der Waals surface area (Å²) in [5.74, 6) is -0.787. The summed E-state index contributed by atoms with van der Waals surface area (Å²) in [6.07, 6.45) is 0. The van der Waals surface area contributed by atoms with E-state index in [9.17, 15) is 0 Å². The van der Waals surface area contributed by atoms with Crippen molar-refractivity contribution in [3.05, 3.63) is 0 Å². The zero-order valence-electron chi connectivity index (χ0n) is 7.67. The minimum absolute atomic E-state index is 0.0463. The van der Waals surface area contributed by atoms with Gasteiger partial charge in [-0.25, -0.2) is 0 Å². The third-order valence-electron chi connectivity index (χ3n) is 0.623. The molecule has 0 rings (SSSR count). The zero-order valence-corrected chi connectivity index (χ0v) is 7.67. The second-order valence-electron chi connectivity index (χ2n) is 2.09. The predicted octanol–water partition coefficient (Wildman–Crippen LogP) is -0.601. The van der Waals surface area contributed by atoms with Crippen molar-refractivity contribution in [2.24, 2.45) is 5.92 Å². The Hall–Kier alpha value is -1.14. The van der Waals surface area contributed by atoms with Crippen molar-refractivity contribution in [2.45, 2.75) is 13.8 Å². The van der Waals surface area contributed by atoms with Crippen molar-refractivity contribution in [3.8, 4) is 0 Å². The van der Waals surface area contributed by atoms with Crippen LogP contribution >= 0.6 is 0 Å². The van der Waals surface area contributed by atoms with Gasteiger partial charge in [0.2, 0.25) is 0 Å². The molecule has 0 aliphatic heterocycles. The third-order valence-corrected chi connectivity index (χ3v) is 0.623. The standard InChI is InChI=1S/C4H10O2.C2H4O2.CH2O2/c1-4(2-5)3-6;1-2(3)4;2-1-3/h4-6H,2-3H2,1H3;1H3,(H,3,4);1H,(H,2,3). The van der Waals surface area contributed by atoms with Gasteiger partial charge in [0.15, 0.2) is 0 Å². The topological polar surface area (TPSA) is 115 Å². The number of aliphatic hydroxyl groups is 2. The summed E-state index contributed by atoms with van der Waals surface area (Å²) in [6, 6.07) is 0. The van der Waals surface area contributed by atoms with E-state index < -0.39 is 5.97 Å². The highest BCUT2D eigenvalue weighted by Gasteiger charge is 1.91. The van der Waals surface area contributed by atoms with Crippen molar-refractivity contribution >= 4 is 12.4 Å². The van der Waals surface area contributed by atoms with Crippen molar-refractivity contribution in [3.63, 3.8) is 0 Å². The number of carboxylic acids is 1. The molecule has 0 saturated heterocycles. The van der Waals surface area contributed by atoms with E-state index in [1.807, 2.05) is 0 Å². The van der Waals surface area contributed by atoms with Crippen LogP contribution in [0.15, 0.2) is 0 Å². The molecule has 4 N–H and O–H groups in total. The number of hydrogen-bond acceptors (Lipinski definition) is 4. The lowest BCUT2D eigenvalue weighted by Crippen LogP contribution is -2.04. The van der Waals surface area contributed by atoms with Gasteiger partial charge in [0.05, 0.1) is 0 Å². The second kappa shape index (κ2) is 17.1. The van der Waals surface area contributed by atoms with Gasteiger partial charge < -0.3 is 20.4 Å². The fourth-order valence-electron chi connectivity index (χ4n) is 0.0577. The van der Waals surface area contributed by atoms with Gasteiger partial charge in [-0.2, -0.15) is 0 Å². The quantitative estimate of drug-likeness (QED) is 0.438. The molecular formula is C7H16O6. The van der Waals surface area contributed by atoms with Crippen LogP contribution in [0.1, 0.15) is 13.8 Å². The van der Waals surface area contributed by atoms with Crippen molar-refractivity contribution < 1.29 is 30.0 Å². The Bertz CT molecular complexity index is 106. The van der Waals surface area contributed by atoms with Crippen molar-refractivity contribution in [1.29, 1.82) is 0 Å². The van der Waals surface area contributed by atoms with Gasteiger partial charge in [0.25, 0.3) is 12.4 Å². The van der Waals surface area contributed by atoms with Crippen molar-refractivity contribution in [2.75, 3.05) is 13.2 Å². The van der Waals surface area contributed by atoms with Gasteiger partial charge in [-0.3, -0.25) is 9.59 Å². The molecule has 0 aromatic rings. The minimum Gasteiger partial charge on any atom is -0.483 e. The molecule has 80 valence electrons. The molecule has 0 aromatic carbocycles. The lowest BCUT2D eigenvalue weighted by atomic mass is 10.2. The highest BCUT2D eigenvalue weighted by molar-refractivity contribution is 5.62. The van der Waals surface area contributed by atoms with Crippen molar-refractivity contribution in [1.82, 2.24) is 0 Å². The zero-order chi connectivity index (χ0) is 11.3. The molecular weight excluding hydrogens is 180 g/mol.